The summed E-state index contributed by atoms with van der Waals surface area (Å²) in [6.07, 6.45) is 0.350. The van der Waals surface area contributed by atoms with Crippen LogP contribution in [0.4, 0.5) is 5.13 Å². The first kappa shape index (κ1) is 15.2. The topological polar surface area (TPSA) is 92.3 Å². The molecule has 9 heteroatoms. The van der Waals surface area contributed by atoms with Crippen LogP contribution in [0.5, 0.6) is 0 Å². The molecule has 1 fully saturated rings. The second-order valence-electron chi connectivity index (χ2n) is 5.43. The third-order valence-corrected chi connectivity index (χ3v) is 5.65. The van der Waals surface area contributed by atoms with Gasteiger partial charge in [0.25, 0.3) is 0 Å². The molecule has 4 rings (SSSR count). The van der Waals surface area contributed by atoms with E-state index in [1.54, 1.807) is 11.3 Å². The van der Waals surface area contributed by atoms with Crippen LogP contribution in [0.15, 0.2) is 12.1 Å². The molecular formula is C15H12N4O3S2. The summed E-state index contributed by atoms with van der Waals surface area (Å²) >= 11 is 2.95. The highest BCUT2D eigenvalue weighted by Gasteiger charge is 2.30. The molecule has 0 saturated carbocycles. The van der Waals surface area contributed by atoms with Gasteiger partial charge in [0.05, 0.1) is 19.9 Å². The van der Waals surface area contributed by atoms with E-state index in [-0.39, 0.29) is 31.2 Å². The Balaban J connectivity index is 1.58. The molecule has 1 aromatic carbocycles. The first-order valence-corrected chi connectivity index (χ1v) is 8.94. The first-order chi connectivity index (χ1) is 11.5. The van der Waals surface area contributed by atoms with Gasteiger partial charge in [-0.25, -0.2) is 9.97 Å². The number of nitrogens with one attached hydrogen (secondary N) is 1. The number of hydrogen-bond donors (Lipinski definition) is 1. The minimum Gasteiger partial charge on any atom is -0.300 e. The van der Waals surface area contributed by atoms with Gasteiger partial charge in [0.2, 0.25) is 17.7 Å². The third-order valence-electron chi connectivity index (χ3n) is 3.72. The predicted octanol–water partition coefficient (Wildman–Crippen LogP) is 2.30. The minimum atomic E-state index is -0.427. The number of carbonyl (C=O) groups excluding carboxylic acids is 3. The van der Waals surface area contributed by atoms with E-state index in [1.807, 2.05) is 19.1 Å². The zero-order valence-corrected chi connectivity index (χ0v) is 14.3. The molecule has 0 atom stereocenters. The van der Waals surface area contributed by atoms with E-state index in [1.165, 1.54) is 11.3 Å². The Hall–Kier alpha value is -2.39. The second kappa shape index (κ2) is 5.60. The van der Waals surface area contributed by atoms with E-state index in [2.05, 4.69) is 15.3 Å². The Morgan fingerprint density at radius 1 is 1.21 bits per heavy atom. The molecule has 1 aliphatic rings. The number of anilines is 1. The van der Waals surface area contributed by atoms with E-state index < -0.39 is 5.91 Å². The smallest absolute Gasteiger partial charge is 0.246 e. The van der Waals surface area contributed by atoms with E-state index in [9.17, 15) is 14.4 Å². The van der Waals surface area contributed by atoms with Crippen molar-refractivity contribution in [2.45, 2.75) is 19.8 Å². The summed E-state index contributed by atoms with van der Waals surface area (Å²) in [6, 6.07) is 3.87. The minimum absolute atomic E-state index is 0.175. The molecule has 3 amide bonds. The lowest BCUT2D eigenvalue weighted by Gasteiger charge is -2.12. The fourth-order valence-corrected chi connectivity index (χ4v) is 4.52. The van der Waals surface area contributed by atoms with Crippen molar-refractivity contribution in [2.24, 2.45) is 0 Å². The molecule has 0 unspecified atom stereocenters. The van der Waals surface area contributed by atoms with E-state index >= 15 is 0 Å². The maximum absolute atomic E-state index is 12.1. The van der Waals surface area contributed by atoms with Crippen molar-refractivity contribution in [1.29, 1.82) is 0 Å². The quantitative estimate of drug-likeness (QED) is 0.724. The number of amides is 3. The molecule has 3 heterocycles. The number of imide groups is 1. The van der Waals surface area contributed by atoms with Crippen molar-refractivity contribution in [1.82, 2.24) is 14.9 Å². The highest BCUT2D eigenvalue weighted by atomic mass is 32.1. The molecule has 0 bridgehead atoms. The molecule has 0 radical (unpaired) electrons. The van der Waals surface area contributed by atoms with Crippen LogP contribution in [0.25, 0.3) is 20.4 Å². The molecule has 0 aliphatic carbocycles. The van der Waals surface area contributed by atoms with Gasteiger partial charge < -0.3 is 5.32 Å². The van der Waals surface area contributed by atoms with Crippen LogP contribution in [-0.4, -0.2) is 39.1 Å². The summed E-state index contributed by atoms with van der Waals surface area (Å²) in [7, 11) is 0. The molecule has 2 aromatic heterocycles. The zero-order valence-electron chi connectivity index (χ0n) is 12.7. The Labute approximate surface area is 144 Å². The summed E-state index contributed by atoms with van der Waals surface area (Å²) in [5.41, 5.74) is 1.65. The fraction of sp³-hybridized carbons (Fsp3) is 0.267. The van der Waals surface area contributed by atoms with Crippen LogP contribution in [0.3, 0.4) is 0 Å². The number of aryl methyl sites for hydroxylation is 1. The van der Waals surface area contributed by atoms with Crippen LogP contribution < -0.4 is 5.32 Å². The monoisotopic (exact) mass is 360 g/mol. The number of likely N-dealkylation sites (tertiary alicyclic amines) is 1. The van der Waals surface area contributed by atoms with Gasteiger partial charge in [0.15, 0.2) is 5.13 Å². The highest BCUT2D eigenvalue weighted by Crippen LogP contribution is 2.34. The van der Waals surface area contributed by atoms with Crippen molar-refractivity contribution in [2.75, 3.05) is 11.9 Å². The van der Waals surface area contributed by atoms with Gasteiger partial charge in [-0.05, 0) is 19.1 Å². The van der Waals surface area contributed by atoms with Gasteiger partial charge in [-0.3, -0.25) is 19.3 Å². The molecule has 3 aromatic rings. The number of benzene rings is 1. The van der Waals surface area contributed by atoms with E-state index in [0.717, 1.165) is 30.3 Å². The Kier molecular flexibility index (Phi) is 3.54. The van der Waals surface area contributed by atoms with Crippen molar-refractivity contribution in [3.8, 4) is 0 Å². The van der Waals surface area contributed by atoms with Gasteiger partial charge in [-0.15, -0.1) is 11.3 Å². The van der Waals surface area contributed by atoms with Gasteiger partial charge >= 0.3 is 0 Å². The Bertz CT molecular complexity index is 991. The zero-order chi connectivity index (χ0) is 16.8. The Morgan fingerprint density at radius 2 is 1.96 bits per heavy atom. The molecule has 122 valence electrons. The van der Waals surface area contributed by atoms with Crippen LogP contribution >= 0.6 is 22.7 Å². The SMILES string of the molecule is Cc1nc2c(ccc3nc(NC(=O)CN4C(=O)CCC4=O)sc32)s1. The number of aromatic nitrogens is 2. The van der Waals surface area contributed by atoms with Crippen molar-refractivity contribution < 1.29 is 14.4 Å². The summed E-state index contributed by atoms with van der Waals surface area (Å²) in [5, 5.41) is 4.08. The largest absolute Gasteiger partial charge is 0.300 e. The second-order valence-corrected chi connectivity index (χ2v) is 7.67. The Morgan fingerprint density at radius 3 is 2.71 bits per heavy atom. The average molecular weight is 360 g/mol. The number of hydrogen-bond acceptors (Lipinski definition) is 7. The summed E-state index contributed by atoms with van der Waals surface area (Å²) in [4.78, 5) is 45.1. The average Bonchev–Trinajstić information content (AvgIpc) is 3.18. The number of fused-ring (bicyclic) bond motifs is 3. The van der Waals surface area contributed by atoms with Gasteiger partial charge in [-0.1, -0.05) is 11.3 Å². The first-order valence-electron chi connectivity index (χ1n) is 7.31. The third kappa shape index (κ3) is 2.55. The van der Waals surface area contributed by atoms with Crippen LogP contribution in [0.2, 0.25) is 0 Å². The molecule has 1 aliphatic heterocycles. The van der Waals surface area contributed by atoms with Crippen molar-refractivity contribution in [3.63, 3.8) is 0 Å². The van der Waals surface area contributed by atoms with Crippen LogP contribution in [0.1, 0.15) is 17.8 Å². The summed E-state index contributed by atoms with van der Waals surface area (Å²) < 4.78 is 2.00. The number of nitrogens with zero attached hydrogens (tertiary/aromatic N) is 3. The van der Waals surface area contributed by atoms with Gasteiger partial charge in [0.1, 0.15) is 12.1 Å². The molecule has 24 heavy (non-hydrogen) atoms. The number of thiazole rings is 2. The summed E-state index contributed by atoms with van der Waals surface area (Å²) in [5.74, 6) is -1.04. The lowest BCUT2D eigenvalue weighted by Crippen LogP contribution is -2.36. The molecule has 1 N–H and O–H groups in total. The molecule has 0 spiro atoms. The number of carbonyl (C=O) groups is 3. The predicted molar refractivity (Wildman–Crippen MR) is 92.1 cm³/mol. The fourth-order valence-electron chi connectivity index (χ4n) is 2.64. The molecule has 7 nitrogen and oxygen atoms in total. The van der Waals surface area contributed by atoms with Gasteiger partial charge in [-0.2, -0.15) is 0 Å². The summed E-state index contributed by atoms with van der Waals surface area (Å²) in [6.45, 7) is 1.68. The van der Waals surface area contributed by atoms with Gasteiger partial charge in [0, 0.05) is 12.8 Å². The van der Waals surface area contributed by atoms with E-state index in [4.69, 9.17) is 0 Å². The highest BCUT2D eigenvalue weighted by molar-refractivity contribution is 7.24. The lowest BCUT2D eigenvalue weighted by atomic mass is 10.3. The van der Waals surface area contributed by atoms with Crippen molar-refractivity contribution >= 4 is 66.0 Å². The standard InChI is InChI=1S/C15H12N4O3S2/c1-7-16-13-9(23-7)3-2-8-14(13)24-15(17-8)18-10(20)6-19-11(21)4-5-12(19)22/h2-3H,4-6H2,1H3,(H,17,18,20). The van der Waals surface area contributed by atoms with Crippen molar-refractivity contribution in [3.05, 3.63) is 17.1 Å². The number of rotatable bonds is 3. The normalized spacial score (nSPS) is 15.0. The van der Waals surface area contributed by atoms with Crippen LogP contribution in [0, 0.1) is 6.92 Å². The molecule has 1 saturated heterocycles. The molecular weight excluding hydrogens is 348 g/mol. The lowest BCUT2D eigenvalue weighted by molar-refractivity contribution is -0.141. The maximum Gasteiger partial charge on any atom is 0.246 e. The maximum atomic E-state index is 12.1. The van der Waals surface area contributed by atoms with Crippen LogP contribution in [-0.2, 0) is 14.4 Å². The van der Waals surface area contributed by atoms with E-state index in [0.29, 0.717) is 5.13 Å².